The van der Waals surface area contributed by atoms with Crippen LogP contribution in [0.25, 0.3) is 0 Å². The fourth-order valence-corrected chi connectivity index (χ4v) is 2.68. The molecule has 10 heteroatoms. The first kappa shape index (κ1) is 34.9. The minimum atomic E-state index is -0.394. The maximum absolute atomic E-state index is 11.1. The van der Waals surface area contributed by atoms with Gasteiger partial charge < -0.3 is 9.47 Å². The van der Waals surface area contributed by atoms with Crippen LogP contribution in [0.3, 0.4) is 0 Å². The van der Waals surface area contributed by atoms with Crippen LogP contribution in [-0.4, -0.2) is 26.2 Å². The number of methoxy groups -OCH3 is 2. The summed E-state index contributed by atoms with van der Waals surface area (Å²) < 4.78 is 8.86. The summed E-state index contributed by atoms with van der Waals surface area (Å²) in [5, 5.41) is 0. The SMILES string of the molecule is C1=CCC=C1.C=CC(=O)OC.COC(=O)C1CC2C=CC1C2.I.II.I[I-]I. The van der Waals surface area contributed by atoms with Crippen molar-refractivity contribution in [3.05, 3.63) is 49.1 Å². The molecule has 3 unspecified atom stereocenters. The topological polar surface area (TPSA) is 52.6 Å². The fourth-order valence-electron chi connectivity index (χ4n) is 2.68. The summed E-state index contributed by atoms with van der Waals surface area (Å²) in [6.07, 6.45) is 17.2. The number of rotatable bonds is 2. The van der Waals surface area contributed by atoms with E-state index in [4.69, 9.17) is 4.74 Å². The molecule has 4 nitrogen and oxygen atoms in total. The van der Waals surface area contributed by atoms with E-state index in [9.17, 15) is 9.59 Å². The standard InChI is InChI=1S/C9H12O2.C5H6.C4H6O2.I3.I2.HI/c1-11-9(10)8-5-6-2-3-7(8)4-6;1-2-4-5-3-1;1-3-4(5)6-2;1-3-2;1-2;/h2-3,6-8H,4-5H2,1H3;1-4H,5H2;3H,1H2,2H3;;;1H/q;;;-1;;. The van der Waals surface area contributed by atoms with E-state index in [-0.39, 0.29) is 35.9 Å². The molecule has 3 atom stereocenters. The predicted octanol–water partition coefficient (Wildman–Crippen LogP) is 4.38. The number of ether oxygens (including phenoxy) is 2. The zero-order chi connectivity index (χ0) is 21.1. The van der Waals surface area contributed by atoms with Gasteiger partial charge in [-0.1, -0.05) is 43.0 Å². The van der Waals surface area contributed by atoms with Crippen LogP contribution in [0.15, 0.2) is 49.1 Å². The summed E-state index contributed by atoms with van der Waals surface area (Å²) in [5.74, 6) is 0.878. The Morgan fingerprint density at radius 2 is 1.61 bits per heavy atom. The van der Waals surface area contributed by atoms with E-state index >= 15 is 0 Å². The van der Waals surface area contributed by atoms with Crippen LogP contribution in [0, 0.1) is 17.8 Å². The Balaban J connectivity index is -0.000000317. The van der Waals surface area contributed by atoms with Crippen LogP contribution in [0.2, 0.25) is 0 Å². The average Bonchev–Trinajstić information content (AvgIpc) is 3.49. The van der Waals surface area contributed by atoms with Crippen molar-refractivity contribution in [3.63, 3.8) is 0 Å². The number of allylic oxidation sites excluding steroid dienone is 6. The molecule has 0 heterocycles. The van der Waals surface area contributed by atoms with Crippen molar-refractivity contribution in [2.45, 2.75) is 19.3 Å². The second kappa shape index (κ2) is 25.5. The van der Waals surface area contributed by atoms with Gasteiger partial charge in [0.25, 0.3) is 0 Å². The molecule has 0 aromatic carbocycles. The second-order valence-corrected chi connectivity index (χ2v) is 21.5. The second-order valence-electron chi connectivity index (χ2n) is 5.28. The molecule has 0 amide bonds. The Bertz CT molecular complexity index is 498. The van der Waals surface area contributed by atoms with Crippen LogP contribution in [0.5, 0.6) is 0 Å². The van der Waals surface area contributed by atoms with Gasteiger partial charge in [0.05, 0.1) is 20.1 Å². The van der Waals surface area contributed by atoms with Gasteiger partial charge in [-0.05, 0) is 31.1 Å². The van der Waals surface area contributed by atoms with Crippen molar-refractivity contribution in [3.8, 4) is 0 Å². The van der Waals surface area contributed by atoms with Crippen molar-refractivity contribution in [1.29, 1.82) is 0 Å². The first-order valence-corrected chi connectivity index (χ1v) is 26.7. The van der Waals surface area contributed by atoms with E-state index in [0.717, 1.165) is 18.9 Å². The van der Waals surface area contributed by atoms with Gasteiger partial charge in [-0.3, -0.25) is 4.79 Å². The molecule has 28 heavy (non-hydrogen) atoms. The number of halogens is 6. The van der Waals surface area contributed by atoms with E-state index in [1.165, 1.54) is 20.6 Å². The molecule has 164 valence electrons. The van der Waals surface area contributed by atoms with Gasteiger partial charge >= 0.3 is 62.4 Å². The predicted molar refractivity (Wildman–Crippen MR) is 157 cm³/mol. The Kier molecular flexibility index (Phi) is 31.8. The molecule has 2 bridgehead atoms. The Labute approximate surface area is 238 Å². The Morgan fingerprint density at radius 1 is 1.07 bits per heavy atom. The van der Waals surface area contributed by atoms with Gasteiger partial charge in [-0.2, -0.15) is 0 Å². The third-order valence-corrected chi connectivity index (χ3v) is 3.81. The van der Waals surface area contributed by atoms with E-state index < -0.39 is 5.97 Å². The van der Waals surface area contributed by atoms with Crippen LogP contribution in [0.4, 0.5) is 0 Å². The molecule has 3 aliphatic rings. The first-order chi connectivity index (χ1) is 13.0. The summed E-state index contributed by atoms with van der Waals surface area (Å²) in [6.45, 7) is 3.16. The van der Waals surface area contributed by atoms with Gasteiger partial charge in [0, 0.05) is 43.3 Å². The monoisotopic (exact) mass is 1070 g/mol. The van der Waals surface area contributed by atoms with Crippen molar-refractivity contribution < 1.29 is 32.3 Å². The van der Waals surface area contributed by atoms with Crippen LogP contribution in [0.1, 0.15) is 19.3 Å². The average molecular weight is 1070 g/mol. The molecule has 1 fully saturated rings. The van der Waals surface area contributed by atoms with E-state index in [0.29, 0.717) is 25.1 Å². The molecule has 3 aliphatic carbocycles. The first-order valence-electron chi connectivity index (χ1n) is 7.83. The summed E-state index contributed by atoms with van der Waals surface area (Å²) in [5.41, 5.74) is 0. The molecule has 1 saturated carbocycles. The normalized spacial score (nSPS) is 21.1. The van der Waals surface area contributed by atoms with Gasteiger partial charge in [0.15, 0.2) is 0 Å². The van der Waals surface area contributed by atoms with Crippen LogP contribution in [-0.2, 0) is 19.1 Å². The molecule has 0 aliphatic heterocycles. The summed E-state index contributed by atoms with van der Waals surface area (Å²) in [7, 11) is 2.78. The summed E-state index contributed by atoms with van der Waals surface area (Å²) in [4.78, 5) is 21.0. The van der Waals surface area contributed by atoms with Crippen LogP contribution < -0.4 is 13.3 Å². The third kappa shape index (κ3) is 17.9. The van der Waals surface area contributed by atoms with E-state index in [1.807, 2.05) is 0 Å². The number of carbonyl (C=O) groups excluding carboxylic acids is 2. The van der Waals surface area contributed by atoms with Crippen molar-refractivity contribution in [2.24, 2.45) is 17.8 Å². The van der Waals surface area contributed by atoms with Gasteiger partial charge in [-0.15, -0.1) is 24.0 Å². The van der Waals surface area contributed by atoms with Gasteiger partial charge in [-0.25, -0.2) is 4.79 Å². The number of hydrogen-bond donors (Lipinski definition) is 0. The summed E-state index contributed by atoms with van der Waals surface area (Å²) in [6, 6.07) is 0. The zero-order valence-electron chi connectivity index (χ0n) is 15.5. The van der Waals surface area contributed by atoms with E-state index in [2.05, 4.69) is 122 Å². The Hall–Kier alpha value is 2.28. The third-order valence-electron chi connectivity index (χ3n) is 3.81. The molecule has 0 N–H and O–H groups in total. The molecule has 0 saturated heterocycles. The molecular formula is C18H25I6O4-. The number of hydrogen-bond acceptors (Lipinski definition) is 4. The fraction of sp³-hybridized carbons (Fsp3) is 0.444. The molecule has 3 rings (SSSR count). The quantitative estimate of drug-likeness (QED) is 0.179. The number of fused-ring (bicyclic) bond motifs is 2. The molecule has 0 aromatic heterocycles. The van der Waals surface area contributed by atoms with Crippen LogP contribution >= 0.6 is 98.4 Å². The molecular weight excluding hydrogens is 1040 g/mol. The summed E-state index contributed by atoms with van der Waals surface area (Å²) >= 11 is 9.54. The van der Waals surface area contributed by atoms with Crippen molar-refractivity contribution in [2.75, 3.05) is 14.2 Å². The van der Waals surface area contributed by atoms with Crippen molar-refractivity contribution in [1.82, 2.24) is 0 Å². The van der Waals surface area contributed by atoms with Crippen molar-refractivity contribution >= 4 is 110 Å². The van der Waals surface area contributed by atoms with Gasteiger partial charge in [0.2, 0.25) is 0 Å². The molecule has 0 aromatic rings. The minimum absolute atomic E-state index is 0. The van der Waals surface area contributed by atoms with Gasteiger partial charge in [0.1, 0.15) is 0 Å². The van der Waals surface area contributed by atoms with E-state index in [1.54, 1.807) is 0 Å². The Morgan fingerprint density at radius 3 is 1.82 bits per heavy atom. The maximum atomic E-state index is 11.1. The number of esters is 2. The molecule has 0 spiro atoms. The zero-order valence-corrected chi connectivity index (χ0v) is 28.7. The molecule has 0 radical (unpaired) electrons. The number of carbonyl (C=O) groups is 2.